The number of amides is 13. The van der Waals surface area contributed by atoms with Crippen LogP contribution in [0.15, 0.2) is 30.3 Å². The van der Waals surface area contributed by atoms with Crippen molar-refractivity contribution in [3.05, 3.63) is 35.9 Å². The minimum atomic E-state index is -1.85. The second-order valence-corrected chi connectivity index (χ2v) is 29.4. The SMILES string of the molecule is CC(C)C(C)NC(=O)[C@@H](Cc1ccccc1)NC(=O)[C@H](CCNC(=O)OC(C)(C)C)NC(=O)[C@H](CCNC(=O)[C@@H](NC(=O)[C@H](CCNC(=O)OC(C)(C)C)NC(=O)[C@@H](N)CCNC(=O)OC(C)(C)C)[C@@H](C)O)NC(=O)[C@H](CCNC(=O)OC(C)(C)C)NC(=O)[C@@H](NC(=O)[C@@H](N)CCCCN)[C@@H](C)O. The molecule has 1 aromatic rings. The number of nitrogens with two attached hydrogens (primary N) is 3. The largest absolute Gasteiger partial charge is 0.444 e. The molecule has 0 aliphatic rings. The van der Waals surface area contributed by atoms with E-state index in [1.807, 2.05) is 13.8 Å². The van der Waals surface area contributed by atoms with Crippen molar-refractivity contribution >= 4 is 77.5 Å². The maximum Gasteiger partial charge on any atom is 0.407 e. The van der Waals surface area contributed by atoms with Crippen molar-refractivity contribution in [1.82, 2.24) is 69.1 Å². The number of carbonyl (C=O) groups excluding carboxylic acids is 13. The van der Waals surface area contributed by atoms with Crippen LogP contribution in [0.4, 0.5) is 19.2 Å². The van der Waals surface area contributed by atoms with Crippen molar-refractivity contribution in [3.63, 3.8) is 0 Å². The number of ether oxygens (including phenoxy) is 4. The summed E-state index contributed by atoms with van der Waals surface area (Å²) >= 11 is 0. The summed E-state index contributed by atoms with van der Waals surface area (Å²) in [4.78, 5) is 179. The van der Waals surface area contributed by atoms with Crippen LogP contribution < -0.4 is 86.3 Å². The maximum absolute atomic E-state index is 15.1. The first kappa shape index (κ1) is 92.3. The molecule has 12 atom stereocenters. The quantitative estimate of drug-likeness (QED) is 0.0290. The molecule has 0 aliphatic carbocycles. The molecular formula is C68H120N16O19. The third kappa shape index (κ3) is 40.7. The molecule has 0 fully saturated rings. The van der Waals surface area contributed by atoms with Gasteiger partial charge in [-0.05, 0) is 167 Å². The van der Waals surface area contributed by atoms with Crippen LogP contribution in [0.3, 0.4) is 0 Å². The summed E-state index contributed by atoms with van der Waals surface area (Å²) in [6.45, 7) is 25.9. The van der Waals surface area contributed by atoms with Crippen molar-refractivity contribution in [1.29, 1.82) is 0 Å². The van der Waals surface area contributed by atoms with E-state index in [4.69, 9.17) is 36.1 Å². The molecule has 0 aliphatic heterocycles. The molecular weight excluding hydrogens is 1340 g/mol. The molecule has 0 saturated carbocycles. The van der Waals surface area contributed by atoms with Crippen LogP contribution in [0.1, 0.15) is 175 Å². The lowest BCUT2D eigenvalue weighted by molar-refractivity contribution is -0.136. The van der Waals surface area contributed by atoms with Crippen LogP contribution in [-0.4, -0.2) is 222 Å². The fourth-order valence-corrected chi connectivity index (χ4v) is 9.07. The third-order valence-corrected chi connectivity index (χ3v) is 14.7. The van der Waals surface area contributed by atoms with Gasteiger partial charge in [-0.15, -0.1) is 0 Å². The van der Waals surface area contributed by atoms with Gasteiger partial charge in [0.1, 0.15) is 64.7 Å². The molecule has 1 rings (SSSR count). The first-order valence-electron chi connectivity index (χ1n) is 34.8. The number of nitrogens with one attached hydrogen (secondary N) is 13. The predicted molar refractivity (Wildman–Crippen MR) is 381 cm³/mol. The van der Waals surface area contributed by atoms with E-state index in [0.717, 1.165) is 6.92 Å². The van der Waals surface area contributed by atoms with Gasteiger partial charge in [0.25, 0.3) is 0 Å². The van der Waals surface area contributed by atoms with Crippen LogP contribution in [0, 0.1) is 5.92 Å². The zero-order valence-corrected chi connectivity index (χ0v) is 63.1. The number of rotatable bonds is 41. The van der Waals surface area contributed by atoms with E-state index in [0.29, 0.717) is 24.9 Å². The van der Waals surface area contributed by atoms with Crippen LogP contribution >= 0.6 is 0 Å². The lowest BCUT2D eigenvalue weighted by Gasteiger charge is -2.29. The Balaban J connectivity index is 4.09. The van der Waals surface area contributed by atoms with Gasteiger partial charge < -0.3 is 115 Å². The molecule has 35 heteroatoms. The molecule has 1 aromatic carbocycles. The maximum atomic E-state index is 15.1. The average molecular weight is 1470 g/mol. The van der Waals surface area contributed by atoms with Crippen LogP contribution in [0.2, 0.25) is 0 Å². The van der Waals surface area contributed by atoms with Gasteiger partial charge in [0.15, 0.2) is 0 Å². The van der Waals surface area contributed by atoms with E-state index < -0.39 is 192 Å². The average Bonchev–Trinajstić information content (AvgIpc) is 0.858. The van der Waals surface area contributed by atoms with Gasteiger partial charge >= 0.3 is 24.4 Å². The zero-order chi connectivity index (χ0) is 78.8. The molecule has 103 heavy (non-hydrogen) atoms. The lowest BCUT2D eigenvalue weighted by atomic mass is 10.0. The summed E-state index contributed by atoms with van der Waals surface area (Å²) in [5.41, 5.74) is 14.8. The minimum absolute atomic E-state index is 0.0329. The fraction of sp³-hybridized carbons (Fsp3) is 0.721. The molecule has 0 aromatic heterocycles. The number of alkyl carbamates (subject to hydrolysis) is 4. The number of unbranched alkanes of at least 4 members (excludes halogenated alkanes) is 1. The molecule has 1 unspecified atom stereocenters. The molecule has 0 radical (unpaired) electrons. The first-order chi connectivity index (χ1) is 47.6. The van der Waals surface area contributed by atoms with Gasteiger partial charge in [-0.2, -0.15) is 0 Å². The number of benzene rings is 1. The highest BCUT2D eigenvalue weighted by atomic mass is 16.6. The van der Waals surface area contributed by atoms with E-state index in [1.165, 1.54) is 6.92 Å². The van der Waals surface area contributed by atoms with E-state index >= 15 is 4.79 Å². The van der Waals surface area contributed by atoms with Gasteiger partial charge in [0.2, 0.25) is 53.2 Å². The van der Waals surface area contributed by atoms with Gasteiger partial charge in [-0.3, -0.25) is 43.2 Å². The number of hydrogen-bond acceptors (Lipinski definition) is 22. The van der Waals surface area contributed by atoms with Crippen molar-refractivity contribution in [2.45, 2.75) is 271 Å². The zero-order valence-electron chi connectivity index (χ0n) is 63.1. The Morgan fingerprint density at radius 3 is 1.04 bits per heavy atom. The molecule has 21 N–H and O–H groups in total. The first-order valence-corrected chi connectivity index (χ1v) is 34.8. The molecule has 13 amide bonds. The van der Waals surface area contributed by atoms with Gasteiger partial charge in [0.05, 0.1) is 24.3 Å². The standard InChI is InChI=1S/C68H120N16O19/c1-38(2)39(3)77-58(93)49(37-42-23-19-18-20-24-42)82-56(91)46(28-34-74-62(97)101-66(9,10)11)80-54(89)45(79-55(90)47(29-35-75-63(98)102-67(12,13)14)81-60(95)51(41(5)86)83-53(88)43(70)25-21-22-31-69)27-33-72-59(94)50(40(4)85)84-57(92)48(30-36-76-64(99)103-68(15,16)17)78-52(87)44(71)26-32-73-61(96)100-65(6,7)8/h18-20,23-24,38-41,43-51,85-86H,21-22,25-37,69-71H2,1-17H3,(H,72,94)(H,73,96)(H,74,97)(H,75,98)(H,76,99)(H,77,93)(H,78,87)(H,79,90)(H,80,89)(H,81,95)(H,82,91)(H,83,88)(H,84,92)/t39?,40-,41-,43+,44+,45+,46+,47+,48+,49-,50+,51+/m1/s1. The van der Waals surface area contributed by atoms with Crippen molar-refractivity contribution in [2.24, 2.45) is 23.1 Å². The third-order valence-electron chi connectivity index (χ3n) is 14.7. The Hall–Kier alpha value is -8.67. The summed E-state index contributed by atoms with van der Waals surface area (Å²) < 4.78 is 21.3. The van der Waals surface area contributed by atoms with Crippen molar-refractivity contribution in [3.8, 4) is 0 Å². The van der Waals surface area contributed by atoms with E-state index in [1.54, 1.807) is 120 Å². The van der Waals surface area contributed by atoms with Crippen molar-refractivity contribution < 1.29 is 91.5 Å². The van der Waals surface area contributed by atoms with Gasteiger partial charge in [-0.1, -0.05) is 50.6 Å². The summed E-state index contributed by atoms with van der Waals surface area (Å²) in [7, 11) is 0. The summed E-state index contributed by atoms with van der Waals surface area (Å²) in [6, 6.07) is -5.82. The minimum Gasteiger partial charge on any atom is -0.444 e. The van der Waals surface area contributed by atoms with Crippen LogP contribution in [0.25, 0.3) is 0 Å². The summed E-state index contributed by atoms with van der Waals surface area (Å²) in [6.07, 6.45) is -7.62. The molecule has 586 valence electrons. The number of hydrogen-bond donors (Lipinski definition) is 18. The second kappa shape index (κ2) is 44.8. The number of aliphatic hydroxyl groups is 2. The van der Waals surface area contributed by atoms with E-state index in [9.17, 15) is 67.7 Å². The summed E-state index contributed by atoms with van der Waals surface area (Å²) in [5.74, 6) is -8.89. The molecule has 0 bridgehead atoms. The van der Waals surface area contributed by atoms with Gasteiger partial charge in [-0.25, -0.2) is 19.2 Å². The number of aliphatic hydroxyl groups excluding tert-OH is 2. The normalized spacial score (nSPS) is 15.2. The van der Waals surface area contributed by atoms with E-state index in [2.05, 4.69) is 69.1 Å². The second-order valence-electron chi connectivity index (χ2n) is 29.4. The Labute approximate surface area is 604 Å². The molecule has 35 nitrogen and oxygen atoms in total. The highest BCUT2D eigenvalue weighted by Gasteiger charge is 2.37. The lowest BCUT2D eigenvalue weighted by Crippen LogP contribution is -2.62. The Bertz CT molecular complexity index is 2910. The smallest absolute Gasteiger partial charge is 0.407 e. The molecule has 0 heterocycles. The van der Waals surface area contributed by atoms with E-state index in [-0.39, 0.29) is 63.7 Å². The monoisotopic (exact) mass is 1460 g/mol. The fourth-order valence-electron chi connectivity index (χ4n) is 9.07. The van der Waals surface area contributed by atoms with Crippen LogP contribution in [0.5, 0.6) is 0 Å². The number of carbonyl (C=O) groups is 13. The van der Waals surface area contributed by atoms with Gasteiger partial charge in [0, 0.05) is 45.2 Å². The Morgan fingerprint density at radius 2 is 0.670 bits per heavy atom. The molecule has 0 spiro atoms. The topological polar surface area (TPSA) is 534 Å². The van der Waals surface area contributed by atoms with Crippen LogP contribution in [-0.2, 0) is 68.5 Å². The van der Waals surface area contributed by atoms with Crippen molar-refractivity contribution in [2.75, 3.05) is 39.3 Å². The predicted octanol–water partition coefficient (Wildman–Crippen LogP) is -0.506. The summed E-state index contributed by atoms with van der Waals surface area (Å²) in [5, 5.41) is 54.9. The Morgan fingerprint density at radius 1 is 0.369 bits per heavy atom. The Kier molecular flexibility index (Phi) is 40.1. The highest BCUT2D eigenvalue weighted by molar-refractivity contribution is 5.97. The molecule has 0 saturated heterocycles. The highest BCUT2D eigenvalue weighted by Crippen LogP contribution is 2.13.